The summed E-state index contributed by atoms with van der Waals surface area (Å²) in [5.74, 6) is 0. The first-order valence-corrected chi connectivity index (χ1v) is 17.1. The largest absolute Gasteiger partial charge is 0.416 e. The van der Waals surface area contributed by atoms with E-state index in [9.17, 15) is 13.2 Å². The van der Waals surface area contributed by atoms with E-state index in [0.29, 0.717) is 22.7 Å². The van der Waals surface area contributed by atoms with Gasteiger partial charge in [0.2, 0.25) is 0 Å². The maximum absolute atomic E-state index is 12.8. The van der Waals surface area contributed by atoms with Gasteiger partial charge in [0.25, 0.3) is 0 Å². The normalized spacial score (nSPS) is 12.2. The molecule has 0 aliphatic heterocycles. The summed E-state index contributed by atoms with van der Waals surface area (Å²) < 4.78 is 38.4. The molecule has 0 heterocycles. The molecule has 7 nitrogen and oxygen atoms in total. The quantitative estimate of drug-likeness (QED) is 0.0802. The number of anilines is 1. The summed E-state index contributed by atoms with van der Waals surface area (Å²) in [5.41, 5.74) is 5.34. The molecule has 0 saturated carbocycles. The molecule has 0 radical (unpaired) electrons. The predicted molar refractivity (Wildman–Crippen MR) is 197 cm³/mol. The highest BCUT2D eigenvalue weighted by Crippen LogP contribution is 2.36. The van der Waals surface area contributed by atoms with E-state index in [1.54, 1.807) is 24.3 Å². The number of rotatable bonds is 15. The highest BCUT2D eigenvalue weighted by Gasteiger charge is 2.29. The molecule has 0 atom stereocenters. The van der Waals surface area contributed by atoms with Gasteiger partial charge in [-0.3, -0.25) is 0 Å². The lowest BCUT2D eigenvalue weighted by atomic mass is 10.1. The lowest BCUT2D eigenvalue weighted by Crippen LogP contribution is -2.25. The van der Waals surface area contributed by atoms with Crippen LogP contribution in [-0.2, 0) is 6.18 Å². The summed E-state index contributed by atoms with van der Waals surface area (Å²) in [6, 6.07) is 29.6. The molecular weight excluding hydrogens is 635 g/mol. The number of halogens is 3. The lowest BCUT2D eigenvalue weighted by Gasteiger charge is -2.25. The Bertz CT molecular complexity index is 1920. The second-order valence-corrected chi connectivity index (χ2v) is 12.2. The number of unbranched alkanes of at least 4 members (excludes halogenated alkanes) is 4. The molecular formula is C40H42F3N7. The average Bonchev–Trinajstić information content (AvgIpc) is 3.12. The number of azo groups is 3. The molecule has 258 valence electrons. The fraction of sp³-hybridized carbons (Fsp3) is 0.300. The average molecular weight is 678 g/mol. The van der Waals surface area contributed by atoms with Crippen LogP contribution in [0.25, 0.3) is 10.8 Å². The molecule has 0 amide bonds. The van der Waals surface area contributed by atoms with Crippen molar-refractivity contribution >= 4 is 50.6 Å². The van der Waals surface area contributed by atoms with Crippen LogP contribution in [0.3, 0.4) is 0 Å². The second kappa shape index (κ2) is 17.4. The third-order valence-electron chi connectivity index (χ3n) is 8.35. The Kier molecular flexibility index (Phi) is 12.6. The Morgan fingerprint density at radius 2 is 0.960 bits per heavy atom. The number of hydrogen-bond acceptors (Lipinski definition) is 7. The number of fused-ring (bicyclic) bond motifs is 1. The number of hydrogen-bond donors (Lipinski definition) is 0. The van der Waals surface area contributed by atoms with Crippen LogP contribution in [0.4, 0.5) is 53.0 Å². The zero-order valence-corrected chi connectivity index (χ0v) is 28.7. The van der Waals surface area contributed by atoms with Crippen LogP contribution >= 0.6 is 0 Å². The molecule has 10 heteroatoms. The second-order valence-electron chi connectivity index (χ2n) is 12.2. The van der Waals surface area contributed by atoms with Crippen molar-refractivity contribution in [2.24, 2.45) is 30.7 Å². The zero-order valence-electron chi connectivity index (χ0n) is 28.7. The van der Waals surface area contributed by atoms with Crippen molar-refractivity contribution in [1.82, 2.24) is 0 Å². The molecule has 0 fully saturated rings. The Labute approximate surface area is 291 Å². The van der Waals surface area contributed by atoms with Gasteiger partial charge in [-0.1, -0.05) is 63.8 Å². The first kappa shape index (κ1) is 36.0. The molecule has 5 aromatic carbocycles. The van der Waals surface area contributed by atoms with Crippen LogP contribution in [0, 0.1) is 6.92 Å². The van der Waals surface area contributed by atoms with E-state index in [0.717, 1.165) is 52.9 Å². The van der Waals surface area contributed by atoms with E-state index >= 15 is 0 Å². The van der Waals surface area contributed by atoms with Gasteiger partial charge in [-0.25, -0.2) is 0 Å². The summed E-state index contributed by atoms with van der Waals surface area (Å²) in [5, 5.41) is 28.2. The Morgan fingerprint density at radius 3 is 1.44 bits per heavy atom. The molecule has 0 aliphatic carbocycles. The lowest BCUT2D eigenvalue weighted by molar-refractivity contribution is -0.137. The van der Waals surface area contributed by atoms with Crippen LogP contribution in [0.15, 0.2) is 134 Å². The van der Waals surface area contributed by atoms with Crippen molar-refractivity contribution in [1.29, 1.82) is 0 Å². The summed E-state index contributed by atoms with van der Waals surface area (Å²) >= 11 is 0. The minimum absolute atomic E-state index is 0.322. The van der Waals surface area contributed by atoms with E-state index in [2.05, 4.69) is 74.6 Å². The minimum atomic E-state index is -4.39. The molecule has 0 bridgehead atoms. The summed E-state index contributed by atoms with van der Waals surface area (Å²) in [6.45, 7) is 8.71. The SMILES string of the molecule is CCCCCN(CCCCC)c1ccc(N=Nc2ccc(N=Nc3ccc(N=Nc4ccc(C(F)(F)F)cc4)cc3)c3ccccc23)c(C)c1. The van der Waals surface area contributed by atoms with Crippen molar-refractivity contribution in [2.75, 3.05) is 18.0 Å². The molecule has 0 spiro atoms. The van der Waals surface area contributed by atoms with Crippen molar-refractivity contribution in [2.45, 2.75) is 65.5 Å². The molecule has 5 rings (SSSR count). The molecule has 0 saturated heterocycles. The van der Waals surface area contributed by atoms with Crippen LogP contribution in [0.5, 0.6) is 0 Å². The standard InChI is InChI=1S/C40H42F3N7/c1-4-6-10-26-50(27-11-7-5-2)34-22-23-37(29(3)28-34)47-49-39-25-24-38(35-12-8-9-13-36(35)39)48-46-33-20-18-32(19-21-33)45-44-31-16-14-30(15-17-31)40(41,42)43/h8-9,12-25,28H,4-7,10-11,26-27H2,1-3H3. The third-order valence-corrected chi connectivity index (χ3v) is 8.35. The number of nitrogens with zero attached hydrogens (tertiary/aromatic N) is 7. The minimum Gasteiger partial charge on any atom is -0.372 e. The molecule has 5 aromatic rings. The van der Waals surface area contributed by atoms with Crippen molar-refractivity contribution in [3.8, 4) is 0 Å². The van der Waals surface area contributed by atoms with Crippen molar-refractivity contribution < 1.29 is 13.2 Å². The fourth-order valence-corrected chi connectivity index (χ4v) is 5.50. The third kappa shape index (κ3) is 9.90. The molecule has 0 aromatic heterocycles. The first-order valence-electron chi connectivity index (χ1n) is 17.1. The van der Waals surface area contributed by atoms with Gasteiger partial charge in [0.05, 0.1) is 39.7 Å². The van der Waals surface area contributed by atoms with Gasteiger partial charge in [-0.2, -0.15) is 33.6 Å². The Hall–Kier alpha value is -5.25. The summed E-state index contributed by atoms with van der Waals surface area (Å²) in [4.78, 5) is 2.51. The maximum Gasteiger partial charge on any atom is 0.416 e. The van der Waals surface area contributed by atoms with E-state index in [4.69, 9.17) is 0 Å². The van der Waals surface area contributed by atoms with Crippen molar-refractivity contribution in [3.63, 3.8) is 0 Å². The van der Waals surface area contributed by atoms with Crippen molar-refractivity contribution in [3.05, 3.63) is 114 Å². The molecule has 50 heavy (non-hydrogen) atoms. The maximum atomic E-state index is 12.8. The van der Waals surface area contributed by atoms with Crippen LogP contribution in [-0.4, -0.2) is 13.1 Å². The van der Waals surface area contributed by atoms with Gasteiger partial charge in [0.1, 0.15) is 0 Å². The summed E-state index contributed by atoms with van der Waals surface area (Å²) in [7, 11) is 0. The number of benzene rings is 5. The van der Waals surface area contributed by atoms with E-state index < -0.39 is 11.7 Å². The topological polar surface area (TPSA) is 77.4 Å². The number of alkyl halides is 3. The van der Waals surface area contributed by atoms with Crippen LogP contribution in [0.2, 0.25) is 0 Å². The number of aryl methyl sites for hydroxylation is 1. The Balaban J connectivity index is 1.28. The van der Waals surface area contributed by atoms with E-state index in [1.807, 2.05) is 36.4 Å². The van der Waals surface area contributed by atoms with Gasteiger partial charge in [0.15, 0.2) is 0 Å². The van der Waals surface area contributed by atoms with E-state index in [1.165, 1.54) is 56.3 Å². The van der Waals surface area contributed by atoms with E-state index in [-0.39, 0.29) is 0 Å². The van der Waals surface area contributed by atoms with Crippen LogP contribution < -0.4 is 4.90 Å². The van der Waals surface area contributed by atoms with Crippen LogP contribution in [0.1, 0.15) is 63.5 Å². The monoisotopic (exact) mass is 677 g/mol. The molecule has 0 aliphatic rings. The predicted octanol–water partition coefficient (Wildman–Crippen LogP) is 14.6. The molecule has 0 N–H and O–H groups in total. The van der Waals surface area contributed by atoms with Gasteiger partial charge in [0, 0.05) is 29.5 Å². The highest BCUT2D eigenvalue weighted by molar-refractivity contribution is 5.99. The Morgan fingerprint density at radius 1 is 0.520 bits per heavy atom. The highest BCUT2D eigenvalue weighted by atomic mass is 19.4. The first-order chi connectivity index (χ1) is 24.2. The van der Waals surface area contributed by atoms with Gasteiger partial charge in [-0.05, 0) is 104 Å². The zero-order chi connectivity index (χ0) is 35.3. The smallest absolute Gasteiger partial charge is 0.372 e. The van der Waals surface area contributed by atoms with Gasteiger partial charge >= 0.3 is 6.18 Å². The van der Waals surface area contributed by atoms with Gasteiger partial charge < -0.3 is 4.90 Å². The fourth-order valence-electron chi connectivity index (χ4n) is 5.50. The van der Waals surface area contributed by atoms with Gasteiger partial charge in [-0.15, -0.1) is 10.2 Å². The molecule has 0 unspecified atom stereocenters. The summed E-state index contributed by atoms with van der Waals surface area (Å²) in [6.07, 6.45) is 2.90.